The summed E-state index contributed by atoms with van der Waals surface area (Å²) in [7, 11) is 0.656. The molecule has 0 radical (unpaired) electrons. The maximum atomic E-state index is 12.5. The van der Waals surface area contributed by atoms with Crippen LogP contribution in [0, 0.1) is 0 Å². The highest BCUT2D eigenvalue weighted by Gasteiger charge is 2.22. The van der Waals surface area contributed by atoms with Gasteiger partial charge in [0.25, 0.3) is 0 Å². The van der Waals surface area contributed by atoms with Crippen molar-refractivity contribution in [3.05, 3.63) is 41.4 Å². The van der Waals surface area contributed by atoms with E-state index in [2.05, 4.69) is 5.32 Å². The Balaban J connectivity index is 2.28. The van der Waals surface area contributed by atoms with Gasteiger partial charge in [-0.2, -0.15) is 0 Å². The van der Waals surface area contributed by atoms with Gasteiger partial charge in [0.05, 0.1) is 33.3 Å². The van der Waals surface area contributed by atoms with E-state index in [9.17, 15) is 13.2 Å². The number of anilines is 2. The second-order valence-electron chi connectivity index (χ2n) is 5.71. The Morgan fingerprint density at radius 1 is 1.07 bits per heavy atom. The maximum absolute atomic E-state index is 12.5. The molecule has 0 bridgehead atoms. The van der Waals surface area contributed by atoms with Crippen molar-refractivity contribution < 1.29 is 27.4 Å². The van der Waals surface area contributed by atoms with Crippen LogP contribution in [0.2, 0.25) is 5.02 Å². The lowest BCUT2D eigenvalue weighted by Gasteiger charge is -2.22. The first-order valence-corrected chi connectivity index (χ1v) is 10.3. The predicted octanol–water partition coefficient (Wildman–Crippen LogP) is 2.77. The average Bonchev–Trinajstić information content (AvgIpc) is 2.64. The summed E-state index contributed by atoms with van der Waals surface area (Å²) in [5.41, 5.74) is 0.647. The quantitative estimate of drug-likeness (QED) is 0.694. The zero-order valence-corrected chi connectivity index (χ0v) is 17.4. The van der Waals surface area contributed by atoms with Crippen LogP contribution in [0.25, 0.3) is 0 Å². The molecule has 152 valence electrons. The van der Waals surface area contributed by atoms with Crippen molar-refractivity contribution in [3.8, 4) is 17.2 Å². The molecule has 0 fully saturated rings. The summed E-state index contributed by atoms with van der Waals surface area (Å²) in [5.74, 6) is 0.526. The fourth-order valence-electron chi connectivity index (χ4n) is 2.52. The van der Waals surface area contributed by atoms with Gasteiger partial charge in [0.15, 0.2) is 11.5 Å². The molecule has 0 aliphatic rings. The first-order chi connectivity index (χ1) is 13.2. The van der Waals surface area contributed by atoms with Crippen LogP contribution in [-0.2, 0) is 14.8 Å². The third-order valence-electron chi connectivity index (χ3n) is 3.73. The first kappa shape index (κ1) is 21.6. The smallest absolute Gasteiger partial charge is 0.245 e. The third kappa shape index (κ3) is 5.20. The zero-order chi connectivity index (χ0) is 20.9. The summed E-state index contributed by atoms with van der Waals surface area (Å²) in [6.45, 7) is -0.435. The summed E-state index contributed by atoms with van der Waals surface area (Å²) in [5, 5.41) is 2.99. The number of hydrogen-bond acceptors (Lipinski definition) is 6. The minimum Gasteiger partial charge on any atom is -0.493 e. The molecule has 0 aliphatic carbocycles. The number of benzene rings is 2. The molecule has 0 atom stereocenters. The Labute approximate surface area is 169 Å². The Morgan fingerprint density at radius 3 is 2.14 bits per heavy atom. The standard InChI is InChI=1S/C18H21ClN2O6S/c1-25-15-9-13(10-16(26-2)18(15)27-3)20-17(22)11-21(28(4,23)24)14-7-5-6-12(19)8-14/h5-10H,11H2,1-4H3,(H,20,22). The van der Waals surface area contributed by atoms with Crippen molar-refractivity contribution in [2.75, 3.05) is 43.8 Å². The number of amides is 1. The highest BCUT2D eigenvalue weighted by molar-refractivity contribution is 7.92. The Hall–Kier alpha value is -2.65. The molecule has 0 aromatic heterocycles. The Bertz CT molecular complexity index is 939. The molecule has 2 aromatic carbocycles. The number of methoxy groups -OCH3 is 3. The van der Waals surface area contributed by atoms with Crippen LogP contribution >= 0.6 is 11.6 Å². The average molecular weight is 429 g/mol. The van der Waals surface area contributed by atoms with E-state index in [1.54, 1.807) is 30.3 Å². The number of carbonyl (C=O) groups excluding carboxylic acids is 1. The topological polar surface area (TPSA) is 94.2 Å². The van der Waals surface area contributed by atoms with E-state index < -0.39 is 22.5 Å². The molecular formula is C18H21ClN2O6S. The molecule has 0 heterocycles. The van der Waals surface area contributed by atoms with Gasteiger partial charge in [-0.15, -0.1) is 0 Å². The van der Waals surface area contributed by atoms with Crippen LogP contribution in [0.15, 0.2) is 36.4 Å². The van der Waals surface area contributed by atoms with Gasteiger partial charge in [0, 0.05) is 22.8 Å². The summed E-state index contributed by atoms with van der Waals surface area (Å²) >= 11 is 5.94. The maximum Gasteiger partial charge on any atom is 0.245 e. The second kappa shape index (κ2) is 9.03. The van der Waals surface area contributed by atoms with Crippen molar-refractivity contribution in [2.24, 2.45) is 0 Å². The second-order valence-corrected chi connectivity index (χ2v) is 8.05. The van der Waals surface area contributed by atoms with Crippen LogP contribution in [0.5, 0.6) is 17.2 Å². The fraction of sp³-hybridized carbons (Fsp3) is 0.278. The number of sulfonamides is 1. The van der Waals surface area contributed by atoms with Gasteiger partial charge in [-0.1, -0.05) is 17.7 Å². The van der Waals surface area contributed by atoms with Gasteiger partial charge in [-0.25, -0.2) is 8.42 Å². The molecule has 0 saturated heterocycles. The number of carbonyl (C=O) groups is 1. The molecule has 0 saturated carbocycles. The summed E-state index contributed by atoms with van der Waals surface area (Å²) in [4.78, 5) is 12.5. The van der Waals surface area contributed by atoms with Crippen LogP contribution in [0.1, 0.15) is 0 Å². The highest BCUT2D eigenvalue weighted by atomic mass is 35.5. The largest absolute Gasteiger partial charge is 0.493 e. The summed E-state index contributed by atoms with van der Waals surface area (Å²) in [6, 6.07) is 9.33. The molecule has 2 aromatic rings. The van der Waals surface area contributed by atoms with Crippen LogP contribution in [-0.4, -0.2) is 48.5 Å². The van der Waals surface area contributed by atoms with E-state index in [4.69, 9.17) is 25.8 Å². The number of nitrogens with zero attached hydrogens (tertiary/aromatic N) is 1. The Kier molecular flexibility index (Phi) is 6.98. The fourth-order valence-corrected chi connectivity index (χ4v) is 3.55. The number of hydrogen-bond donors (Lipinski definition) is 1. The molecule has 0 aliphatic heterocycles. The zero-order valence-electron chi connectivity index (χ0n) is 15.9. The van der Waals surface area contributed by atoms with Gasteiger partial charge in [0.2, 0.25) is 21.7 Å². The lowest BCUT2D eigenvalue weighted by Crippen LogP contribution is -2.37. The third-order valence-corrected chi connectivity index (χ3v) is 5.11. The van der Waals surface area contributed by atoms with E-state index in [0.29, 0.717) is 28.0 Å². The molecule has 2 rings (SSSR count). The van der Waals surface area contributed by atoms with Gasteiger partial charge in [-0.05, 0) is 18.2 Å². The van der Waals surface area contributed by atoms with Crippen molar-refractivity contribution >= 4 is 38.9 Å². The van der Waals surface area contributed by atoms with Gasteiger partial charge < -0.3 is 19.5 Å². The van der Waals surface area contributed by atoms with Gasteiger partial charge in [0.1, 0.15) is 6.54 Å². The molecule has 1 amide bonds. The number of nitrogens with one attached hydrogen (secondary N) is 1. The lowest BCUT2D eigenvalue weighted by molar-refractivity contribution is -0.114. The Morgan fingerprint density at radius 2 is 1.68 bits per heavy atom. The van der Waals surface area contributed by atoms with E-state index in [1.807, 2.05) is 0 Å². The molecule has 0 unspecified atom stereocenters. The normalized spacial score (nSPS) is 10.9. The minimum absolute atomic E-state index is 0.287. The molecule has 1 N–H and O–H groups in total. The van der Waals surface area contributed by atoms with E-state index in [-0.39, 0.29) is 5.69 Å². The van der Waals surface area contributed by atoms with Gasteiger partial charge >= 0.3 is 0 Å². The van der Waals surface area contributed by atoms with Crippen molar-refractivity contribution in [1.29, 1.82) is 0 Å². The summed E-state index contributed by atoms with van der Waals surface area (Å²) in [6.07, 6.45) is 1.01. The molecule has 8 nitrogen and oxygen atoms in total. The van der Waals surface area contributed by atoms with Crippen molar-refractivity contribution in [2.45, 2.75) is 0 Å². The first-order valence-electron chi connectivity index (χ1n) is 8.02. The van der Waals surface area contributed by atoms with Crippen molar-refractivity contribution in [1.82, 2.24) is 0 Å². The van der Waals surface area contributed by atoms with E-state index in [0.717, 1.165) is 10.6 Å². The van der Waals surface area contributed by atoms with E-state index >= 15 is 0 Å². The van der Waals surface area contributed by atoms with Crippen LogP contribution in [0.3, 0.4) is 0 Å². The van der Waals surface area contributed by atoms with Crippen LogP contribution < -0.4 is 23.8 Å². The monoisotopic (exact) mass is 428 g/mol. The van der Waals surface area contributed by atoms with E-state index in [1.165, 1.54) is 27.4 Å². The molecule has 28 heavy (non-hydrogen) atoms. The summed E-state index contributed by atoms with van der Waals surface area (Å²) < 4.78 is 41.0. The lowest BCUT2D eigenvalue weighted by atomic mass is 10.2. The molecule has 0 spiro atoms. The van der Waals surface area contributed by atoms with Gasteiger partial charge in [-0.3, -0.25) is 9.10 Å². The molecular weight excluding hydrogens is 408 g/mol. The number of rotatable bonds is 8. The SMILES string of the molecule is COc1cc(NC(=O)CN(c2cccc(Cl)c2)S(C)(=O)=O)cc(OC)c1OC. The minimum atomic E-state index is -3.71. The number of halogens is 1. The van der Waals surface area contributed by atoms with Crippen LogP contribution in [0.4, 0.5) is 11.4 Å². The number of ether oxygens (including phenoxy) is 3. The van der Waals surface area contributed by atoms with Crippen molar-refractivity contribution in [3.63, 3.8) is 0 Å². The predicted molar refractivity (Wildman–Crippen MR) is 108 cm³/mol. The highest BCUT2D eigenvalue weighted by Crippen LogP contribution is 2.39. The molecule has 10 heteroatoms.